The smallest absolute Gasteiger partial charge is 0.197 e. The van der Waals surface area contributed by atoms with Crippen LogP contribution in [0.15, 0.2) is 18.2 Å². The van der Waals surface area contributed by atoms with E-state index in [2.05, 4.69) is 20.2 Å². The molecule has 0 saturated heterocycles. The molecule has 4 N–H and O–H groups in total. The number of halogens is 1. The van der Waals surface area contributed by atoms with Gasteiger partial charge in [-0.1, -0.05) is 0 Å². The molecule has 86 valence electrons. The number of hydrogen-bond acceptors (Lipinski definition) is 3. The quantitative estimate of drug-likeness (QED) is 0.560. The van der Waals surface area contributed by atoms with Crippen LogP contribution in [0.4, 0.5) is 10.1 Å². The summed E-state index contributed by atoms with van der Waals surface area (Å²) in [4.78, 5) is 7.23. The van der Waals surface area contributed by atoms with Crippen LogP contribution in [0.3, 0.4) is 0 Å². The summed E-state index contributed by atoms with van der Waals surface area (Å²) in [5.41, 5.74) is 6.98. The number of fused-ring (bicyclic) bond motifs is 1. The number of aromatic amines is 2. The molecular weight excluding hydrogens is 221 g/mol. The Morgan fingerprint density at radius 2 is 2.18 bits per heavy atom. The average molecular weight is 231 g/mol. The standard InChI is InChI=1S/C11H10FN5/c1-5-14-11(17-16-5)9-4-6-8(15-9)3-2-7(13)10(6)12/h2-4,15H,13H2,1H3,(H,14,16,17). The fourth-order valence-corrected chi connectivity index (χ4v) is 1.77. The molecule has 1 aromatic carbocycles. The lowest BCUT2D eigenvalue weighted by molar-refractivity contribution is 0.644. The highest BCUT2D eigenvalue weighted by Gasteiger charge is 2.11. The predicted octanol–water partition coefficient (Wildman–Crippen LogP) is 1.98. The second kappa shape index (κ2) is 3.31. The number of benzene rings is 1. The normalized spacial score (nSPS) is 11.2. The molecule has 6 heteroatoms. The maximum atomic E-state index is 13.7. The summed E-state index contributed by atoms with van der Waals surface area (Å²) in [5.74, 6) is 0.799. The molecule has 2 aromatic heterocycles. The van der Waals surface area contributed by atoms with Crippen molar-refractivity contribution in [2.75, 3.05) is 5.73 Å². The highest BCUT2D eigenvalue weighted by molar-refractivity contribution is 5.87. The van der Waals surface area contributed by atoms with Crippen LogP contribution in [0.1, 0.15) is 5.82 Å². The number of nitrogen functional groups attached to an aromatic ring is 1. The molecule has 17 heavy (non-hydrogen) atoms. The van der Waals surface area contributed by atoms with Crippen LogP contribution in [-0.2, 0) is 0 Å². The van der Waals surface area contributed by atoms with Gasteiger partial charge in [0, 0.05) is 10.9 Å². The van der Waals surface area contributed by atoms with Crippen molar-refractivity contribution in [3.05, 3.63) is 29.8 Å². The zero-order valence-corrected chi connectivity index (χ0v) is 9.08. The van der Waals surface area contributed by atoms with Gasteiger partial charge in [-0.2, -0.15) is 5.10 Å². The van der Waals surface area contributed by atoms with Gasteiger partial charge in [-0.3, -0.25) is 5.10 Å². The molecule has 0 saturated carbocycles. The Bertz CT molecular complexity index is 697. The van der Waals surface area contributed by atoms with Crippen molar-refractivity contribution in [1.82, 2.24) is 20.2 Å². The van der Waals surface area contributed by atoms with Crippen LogP contribution in [0.25, 0.3) is 22.4 Å². The molecule has 0 spiro atoms. The van der Waals surface area contributed by atoms with E-state index in [1.807, 2.05) is 0 Å². The Morgan fingerprint density at radius 1 is 1.35 bits per heavy atom. The average Bonchev–Trinajstić information content (AvgIpc) is 2.90. The number of rotatable bonds is 1. The number of nitrogens with zero attached hydrogens (tertiary/aromatic N) is 2. The van der Waals surface area contributed by atoms with E-state index in [9.17, 15) is 4.39 Å². The number of aryl methyl sites for hydroxylation is 1. The second-order valence-corrected chi connectivity index (χ2v) is 3.86. The first kappa shape index (κ1) is 9.83. The zero-order valence-electron chi connectivity index (χ0n) is 9.08. The van der Waals surface area contributed by atoms with Crippen LogP contribution >= 0.6 is 0 Å². The molecule has 2 heterocycles. The molecule has 0 aliphatic rings. The molecule has 0 aliphatic carbocycles. The Morgan fingerprint density at radius 3 is 2.88 bits per heavy atom. The summed E-state index contributed by atoms with van der Waals surface area (Å²) < 4.78 is 13.7. The molecule has 3 aromatic rings. The van der Waals surface area contributed by atoms with Crippen molar-refractivity contribution in [2.45, 2.75) is 6.92 Å². The van der Waals surface area contributed by atoms with Crippen LogP contribution < -0.4 is 5.73 Å². The van der Waals surface area contributed by atoms with Gasteiger partial charge in [-0.05, 0) is 25.1 Å². The third-order valence-corrected chi connectivity index (χ3v) is 2.61. The third kappa shape index (κ3) is 1.45. The number of nitrogens with one attached hydrogen (secondary N) is 2. The number of H-pyrrole nitrogens is 2. The van der Waals surface area contributed by atoms with Crippen molar-refractivity contribution in [2.24, 2.45) is 0 Å². The molecule has 3 rings (SSSR count). The molecule has 0 unspecified atom stereocenters. The first-order chi connectivity index (χ1) is 8.15. The van der Waals surface area contributed by atoms with E-state index in [0.717, 1.165) is 0 Å². The topological polar surface area (TPSA) is 83.4 Å². The van der Waals surface area contributed by atoms with Crippen molar-refractivity contribution in [3.63, 3.8) is 0 Å². The monoisotopic (exact) mass is 231 g/mol. The second-order valence-electron chi connectivity index (χ2n) is 3.86. The highest BCUT2D eigenvalue weighted by Crippen LogP contribution is 2.26. The van der Waals surface area contributed by atoms with E-state index in [4.69, 9.17) is 5.73 Å². The van der Waals surface area contributed by atoms with Crippen molar-refractivity contribution in [3.8, 4) is 11.5 Å². The number of nitrogens with two attached hydrogens (primary N) is 1. The van der Waals surface area contributed by atoms with E-state index in [1.54, 1.807) is 19.1 Å². The Balaban J connectivity index is 2.23. The highest BCUT2D eigenvalue weighted by atomic mass is 19.1. The van der Waals surface area contributed by atoms with E-state index in [1.165, 1.54) is 6.07 Å². The molecule has 0 radical (unpaired) electrons. The van der Waals surface area contributed by atoms with Gasteiger partial charge in [0.1, 0.15) is 5.82 Å². The van der Waals surface area contributed by atoms with Gasteiger partial charge in [0.15, 0.2) is 11.6 Å². The van der Waals surface area contributed by atoms with Crippen LogP contribution in [-0.4, -0.2) is 20.2 Å². The fraction of sp³-hybridized carbons (Fsp3) is 0.0909. The van der Waals surface area contributed by atoms with Crippen LogP contribution in [0.2, 0.25) is 0 Å². The van der Waals surface area contributed by atoms with Gasteiger partial charge in [-0.25, -0.2) is 9.37 Å². The van der Waals surface area contributed by atoms with E-state index in [0.29, 0.717) is 28.2 Å². The number of anilines is 1. The lowest BCUT2D eigenvalue weighted by Gasteiger charge is -1.95. The molecular formula is C11H10FN5. The predicted molar refractivity (Wildman–Crippen MR) is 62.8 cm³/mol. The third-order valence-electron chi connectivity index (χ3n) is 2.61. The van der Waals surface area contributed by atoms with E-state index >= 15 is 0 Å². The van der Waals surface area contributed by atoms with Gasteiger partial charge in [0.25, 0.3) is 0 Å². The maximum Gasteiger partial charge on any atom is 0.197 e. The molecule has 0 atom stereocenters. The van der Waals surface area contributed by atoms with Gasteiger partial charge >= 0.3 is 0 Å². The molecule has 0 fully saturated rings. The molecule has 5 nitrogen and oxygen atoms in total. The summed E-state index contributed by atoms with van der Waals surface area (Å²) in [6.45, 7) is 1.80. The van der Waals surface area contributed by atoms with Crippen LogP contribution in [0, 0.1) is 12.7 Å². The van der Waals surface area contributed by atoms with Crippen LogP contribution in [0.5, 0.6) is 0 Å². The summed E-state index contributed by atoms with van der Waals surface area (Å²) in [6.07, 6.45) is 0. The van der Waals surface area contributed by atoms with E-state index in [-0.39, 0.29) is 5.69 Å². The largest absolute Gasteiger partial charge is 0.396 e. The minimum Gasteiger partial charge on any atom is -0.396 e. The van der Waals surface area contributed by atoms with Gasteiger partial charge in [0.05, 0.1) is 11.4 Å². The van der Waals surface area contributed by atoms with Gasteiger partial charge in [-0.15, -0.1) is 0 Å². The first-order valence-corrected chi connectivity index (χ1v) is 5.11. The maximum absolute atomic E-state index is 13.7. The van der Waals surface area contributed by atoms with Gasteiger partial charge < -0.3 is 10.7 Å². The molecule has 0 bridgehead atoms. The Labute approximate surface area is 95.9 Å². The lowest BCUT2D eigenvalue weighted by Crippen LogP contribution is -1.89. The SMILES string of the molecule is Cc1nc(-c2cc3c(F)c(N)ccc3[nH]2)n[nH]1. The van der Waals surface area contributed by atoms with Crippen molar-refractivity contribution < 1.29 is 4.39 Å². The number of aromatic nitrogens is 4. The first-order valence-electron chi connectivity index (χ1n) is 5.11. The number of hydrogen-bond donors (Lipinski definition) is 3. The van der Waals surface area contributed by atoms with E-state index < -0.39 is 5.82 Å². The summed E-state index contributed by atoms with van der Waals surface area (Å²) >= 11 is 0. The lowest BCUT2D eigenvalue weighted by atomic mass is 10.2. The Kier molecular flexibility index (Phi) is 1.91. The fourth-order valence-electron chi connectivity index (χ4n) is 1.77. The van der Waals surface area contributed by atoms with Gasteiger partial charge in [0.2, 0.25) is 0 Å². The minimum atomic E-state index is -0.419. The molecule has 0 amide bonds. The summed E-state index contributed by atoms with van der Waals surface area (Å²) in [5, 5.41) is 7.20. The summed E-state index contributed by atoms with van der Waals surface area (Å²) in [7, 11) is 0. The Hall–Kier alpha value is -2.37. The minimum absolute atomic E-state index is 0.134. The van der Waals surface area contributed by atoms with Crippen molar-refractivity contribution in [1.29, 1.82) is 0 Å². The molecule has 0 aliphatic heterocycles. The van der Waals surface area contributed by atoms with Crippen molar-refractivity contribution >= 4 is 16.6 Å². The summed E-state index contributed by atoms with van der Waals surface area (Å²) in [6, 6.07) is 4.92. The zero-order chi connectivity index (χ0) is 12.0.